The van der Waals surface area contributed by atoms with Gasteiger partial charge in [-0.2, -0.15) is 0 Å². The number of halogens is 1. The van der Waals surface area contributed by atoms with Crippen molar-refractivity contribution in [3.05, 3.63) is 68.5 Å². The van der Waals surface area contributed by atoms with Crippen LogP contribution in [0.4, 0.5) is 4.39 Å². The number of nitrogens with one attached hydrogen (secondary N) is 2. The molecular formula is C26H31FN2O3. The lowest BCUT2D eigenvalue weighted by Crippen LogP contribution is -2.34. The maximum Gasteiger partial charge on any atom is 0.325 e. The smallest absolute Gasteiger partial charge is 0.325 e. The van der Waals surface area contributed by atoms with Crippen LogP contribution in [-0.2, 0) is 17.3 Å². The number of benzene rings is 2. The van der Waals surface area contributed by atoms with Crippen molar-refractivity contribution in [1.82, 2.24) is 9.97 Å². The highest BCUT2D eigenvalue weighted by molar-refractivity contribution is 5.76. The fraction of sp³-hybridized carbons (Fsp3) is 0.423. The number of aromatic amines is 2. The molecule has 1 aromatic heterocycles. The lowest BCUT2D eigenvalue weighted by molar-refractivity contribution is 0.332. The fourth-order valence-corrected chi connectivity index (χ4v) is 4.91. The van der Waals surface area contributed by atoms with Crippen LogP contribution in [0.5, 0.6) is 11.6 Å². The number of hydrogen-bond acceptors (Lipinski definition) is 3. The van der Waals surface area contributed by atoms with Crippen molar-refractivity contribution in [3.8, 4) is 22.8 Å². The van der Waals surface area contributed by atoms with Gasteiger partial charge in [-0.3, -0.25) is 4.98 Å². The topological polar surface area (TPSA) is 78.1 Å². The van der Waals surface area contributed by atoms with Gasteiger partial charge >= 0.3 is 5.69 Å². The van der Waals surface area contributed by atoms with Crippen LogP contribution in [0.3, 0.4) is 0 Å². The highest BCUT2D eigenvalue weighted by Gasteiger charge is 2.37. The van der Waals surface area contributed by atoms with Crippen LogP contribution in [0.15, 0.2) is 29.1 Å². The van der Waals surface area contributed by atoms with Gasteiger partial charge in [-0.1, -0.05) is 33.8 Å². The van der Waals surface area contributed by atoms with Crippen LogP contribution in [0.2, 0.25) is 0 Å². The van der Waals surface area contributed by atoms with Crippen molar-refractivity contribution in [2.75, 3.05) is 7.11 Å². The van der Waals surface area contributed by atoms with E-state index in [4.69, 9.17) is 4.74 Å². The number of rotatable bonds is 4. The molecule has 170 valence electrons. The van der Waals surface area contributed by atoms with Crippen LogP contribution in [0.25, 0.3) is 11.1 Å². The van der Waals surface area contributed by atoms with E-state index in [1.54, 1.807) is 0 Å². The number of ether oxygens (including phenoxy) is 1. The average Bonchev–Trinajstić information content (AvgIpc) is 3.01. The van der Waals surface area contributed by atoms with Crippen LogP contribution in [-0.4, -0.2) is 22.2 Å². The van der Waals surface area contributed by atoms with E-state index in [-0.39, 0.29) is 28.9 Å². The standard InChI is InChI=1S/C26H31FN2O3/c1-14-9-18-19(26(4,5)8-7-25(18,2)3)13-16(14)17-10-15(11-20(27)22(17)32-6)12-21-23(30)29-24(31)28-21/h9-11,13,30H,7-8,12H2,1-6H3,(H2,28,29,31). The van der Waals surface area contributed by atoms with Gasteiger partial charge in [0.2, 0.25) is 5.88 Å². The third kappa shape index (κ3) is 3.72. The number of hydrogen-bond donors (Lipinski definition) is 3. The number of aromatic hydroxyl groups is 1. The van der Waals surface area contributed by atoms with Gasteiger partial charge in [0, 0.05) is 12.0 Å². The third-order valence-electron chi connectivity index (χ3n) is 6.96. The second-order valence-electron chi connectivity index (χ2n) is 10.2. The van der Waals surface area contributed by atoms with E-state index in [9.17, 15) is 9.90 Å². The summed E-state index contributed by atoms with van der Waals surface area (Å²) >= 11 is 0. The van der Waals surface area contributed by atoms with E-state index < -0.39 is 11.5 Å². The first kappa shape index (κ1) is 22.2. The molecule has 0 spiro atoms. The first-order valence-corrected chi connectivity index (χ1v) is 11.0. The van der Waals surface area contributed by atoms with Crippen molar-refractivity contribution in [3.63, 3.8) is 0 Å². The van der Waals surface area contributed by atoms with E-state index in [1.807, 2.05) is 13.0 Å². The Labute approximate surface area is 187 Å². The molecule has 4 rings (SSSR count). The fourth-order valence-electron chi connectivity index (χ4n) is 4.91. The second kappa shape index (κ2) is 7.54. The third-order valence-corrected chi connectivity index (χ3v) is 6.96. The number of methoxy groups -OCH3 is 1. The number of aromatic nitrogens is 2. The predicted molar refractivity (Wildman–Crippen MR) is 124 cm³/mol. The molecule has 0 radical (unpaired) electrons. The lowest BCUT2D eigenvalue weighted by atomic mass is 9.62. The molecule has 0 saturated heterocycles. The first-order valence-electron chi connectivity index (χ1n) is 11.0. The Hall–Kier alpha value is -3.02. The molecule has 3 N–H and O–H groups in total. The molecule has 0 aliphatic heterocycles. The molecule has 3 aromatic rings. The largest absolute Gasteiger partial charge is 0.493 e. The normalized spacial score (nSPS) is 16.6. The van der Waals surface area contributed by atoms with Crippen LogP contribution in [0.1, 0.15) is 68.5 Å². The predicted octanol–water partition coefficient (Wildman–Crippen LogP) is 5.47. The van der Waals surface area contributed by atoms with Crippen LogP contribution in [0, 0.1) is 12.7 Å². The van der Waals surface area contributed by atoms with Crippen molar-refractivity contribution in [2.45, 2.75) is 64.7 Å². The maximum atomic E-state index is 15.1. The summed E-state index contributed by atoms with van der Waals surface area (Å²) in [5.41, 5.74) is 5.84. The monoisotopic (exact) mass is 438 g/mol. The van der Waals surface area contributed by atoms with Gasteiger partial charge in [0.1, 0.15) is 0 Å². The summed E-state index contributed by atoms with van der Waals surface area (Å²) in [5, 5.41) is 9.93. The van der Waals surface area contributed by atoms with Crippen LogP contribution < -0.4 is 10.4 Å². The van der Waals surface area contributed by atoms with E-state index in [2.05, 4.69) is 49.8 Å². The summed E-state index contributed by atoms with van der Waals surface area (Å²) in [6.07, 6.45) is 2.39. The van der Waals surface area contributed by atoms with Gasteiger partial charge in [-0.15, -0.1) is 0 Å². The van der Waals surface area contributed by atoms with Crippen molar-refractivity contribution < 1.29 is 14.2 Å². The zero-order valence-corrected chi connectivity index (χ0v) is 19.6. The molecule has 0 amide bonds. The second-order valence-corrected chi connectivity index (χ2v) is 10.2. The van der Waals surface area contributed by atoms with E-state index in [1.165, 1.54) is 24.3 Å². The number of fused-ring (bicyclic) bond motifs is 1. The highest BCUT2D eigenvalue weighted by Crippen LogP contribution is 2.48. The van der Waals surface area contributed by atoms with Crippen molar-refractivity contribution >= 4 is 0 Å². The molecule has 1 aliphatic rings. The molecule has 1 heterocycles. The summed E-state index contributed by atoms with van der Waals surface area (Å²) in [6, 6.07) is 7.70. The SMILES string of the molecule is COc1c(F)cc(Cc2[nH]c(=O)[nH]c2O)cc1-c1cc2c(cc1C)C(C)(C)CCC2(C)C. The van der Waals surface area contributed by atoms with Gasteiger partial charge in [0.15, 0.2) is 11.6 Å². The summed E-state index contributed by atoms with van der Waals surface area (Å²) in [7, 11) is 1.47. The van der Waals surface area contributed by atoms with E-state index in [0.29, 0.717) is 16.8 Å². The van der Waals surface area contributed by atoms with Crippen LogP contribution >= 0.6 is 0 Å². The maximum absolute atomic E-state index is 15.1. The first-order chi connectivity index (χ1) is 14.9. The lowest BCUT2D eigenvalue weighted by Gasteiger charge is -2.42. The Morgan fingerprint density at radius 2 is 1.62 bits per heavy atom. The minimum Gasteiger partial charge on any atom is -0.493 e. The molecule has 0 unspecified atom stereocenters. The molecule has 6 heteroatoms. The summed E-state index contributed by atoms with van der Waals surface area (Å²) < 4.78 is 20.6. The van der Waals surface area contributed by atoms with Crippen molar-refractivity contribution in [2.24, 2.45) is 0 Å². The molecule has 1 aliphatic carbocycles. The molecular weight excluding hydrogens is 407 g/mol. The number of imidazole rings is 1. The molecule has 0 atom stereocenters. The Kier molecular flexibility index (Phi) is 5.23. The number of H-pyrrole nitrogens is 2. The molecule has 0 saturated carbocycles. The molecule has 32 heavy (non-hydrogen) atoms. The Morgan fingerprint density at radius 1 is 1.00 bits per heavy atom. The summed E-state index contributed by atoms with van der Waals surface area (Å²) in [5.74, 6) is -0.521. The van der Waals surface area contributed by atoms with Gasteiger partial charge in [0.25, 0.3) is 0 Å². The quantitative estimate of drug-likeness (QED) is 0.505. The van der Waals surface area contributed by atoms with Gasteiger partial charge in [0.05, 0.1) is 12.8 Å². The highest BCUT2D eigenvalue weighted by atomic mass is 19.1. The Balaban J connectivity index is 1.90. The summed E-state index contributed by atoms with van der Waals surface area (Å²) in [6.45, 7) is 11.1. The molecule has 5 nitrogen and oxygen atoms in total. The van der Waals surface area contributed by atoms with E-state index in [0.717, 1.165) is 24.0 Å². The van der Waals surface area contributed by atoms with Gasteiger partial charge in [-0.25, -0.2) is 9.18 Å². The van der Waals surface area contributed by atoms with E-state index >= 15 is 4.39 Å². The minimum absolute atomic E-state index is 0.0209. The van der Waals surface area contributed by atoms with Gasteiger partial charge < -0.3 is 14.8 Å². The molecule has 0 fully saturated rings. The Morgan fingerprint density at radius 3 is 2.19 bits per heavy atom. The molecule has 0 bridgehead atoms. The summed E-state index contributed by atoms with van der Waals surface area (Å²) in [4.78, 5) is 16.3. The zero-order valence-electron chi connectivity index (χ0n) is 19.6. The molecule has 2 aromatic carbocycles. The zero-order chi connectivity index (χ0) is 23.4. The van der Waals surface area contributed by atoms with Gasteiger partial charge in [-0.05, 0) is 76.6 Å². The average molecular weight is 439 g/mol. The minimum atomic E-state index is -0.498. The number of aryl methyl sites for hydroxylation is 1. The Bertz CT molecular complexity index is 1250. The van der Waals surface area contributed by atoms with Crippen molar-refractivity contribution in [1.29, 1.82) is 0 Å².